The highest BCUT2D eigenvalue weighted by Crippen LogP contribution is 2.38. The number of likely N-dealkylation sites (tertiary alicyclic amines) is 1. The van der Waals surface area contributed by atoms with Crippen LogP contribution in [-0.2, 0) is 24.4 Å². The molecule has 37 heavy (non-hydrogen) atoms. The van der Waals surface area contributed by atoms with E-state index < -0.39 is 35.4 Å². The summed E-state index contributed by atoms with van der Waals surface area (Å²) in [6.45, 7) is 8.01. The molecular formula is C28H33F2N5O2. The Morgan fingerprint density at radius 3 is 2.68 bits per heavy atom. The van der Waals surface area contributed by atoms with E-state index in [9.17, 15) is 9.18 Å². The van der Waals surface area contributed by atoms with Gasteiger partial charge < -0.3 is 10.1 Å². The molecule has 5 rings (SSSR count). The van der Waals surface area contributed by atoms with Crippen molar-refractivity contribution in [1.82, 2.24) is 25.3 Å². The Morgan fingerprint density at radius 1 is 1.16 bits per heavy atom. The lowest BCUT2D eigenvalue weighted by molar-refractivity contribution is 0.0133. The van der Waals surface area contributed by atoms with Crippen molar-refractivity contribution < 1.29 is 18.3 Å². The summed E-state index contributed by atoms with van der Waals surface area (Å²) in [5.74, 6) is -1.01. The topological polar surface area (TPSA) is 73.5 Å². The Balaban J connectivity index is 1.50. The molecule has 7 nitrogen and oxygen atoms in total. The molecule has 3 aromatic rings. The van der Waals surface area contributed by atoms with Crippen LogP contribution < -0.4 is 5.32 Å². The van der Waals surface area contributed by atoms with Crippen LogP contribution in [0.25, 0.3) is 0 Å². The van der Waals surface area contributed by atoms with E-state index in [1.54, 1.807) is 20.8 Å². The van der Waals surface area contributed by atoms with Crippen LogP contribution in [0.2, 0.25) is 0 Å². The van der Waals surface area contributed by atoms with Gasteiger partial charge in [0.1, 0.15) is 17.2 Å². The van der Waals surface area contributed by atoms with Crippen molar-refractivity contribution >= 4 is 6.09 Å². The van der Waals surface area contributed by atoms with Crippen molar-refractivity contribution in [3.63, 3.8) is 0 Å². The summed E-state index contributed by atoms with van der Waals surface area (Å²) in [4.78, 5) is 17.4. The number of fused-ring (bicyclic) bond motifs is 1. The fourth-order valence-corrected chi connectivity index (χ4v) is 5.48. The summed E-state index contributed by atoms with van der Waals surface area (Å²) in [6, 6.07) is 12.4. The molecule has 1 amide bonds. The summed E-state index contributed by atoms with van der Waals surface area (Å²) >= 11 is 0. The first kappa shape index (κ1) is 25.4. The van der Waals surface area contributed by atoms with E-state index in [0.29, 0.717) is 19.5 Å². The van der Waals surface area contributed by atoms with E-state index in [-0.39, 0.29) is 11.6 Å². The number of hydrogen-bond acceptors (Lipinski definition) is 5. The lowest BCUT2D eigenvalue weighted by Crippen LogP contribution is -2.58. The van der Waals surface area contributed by atoms with Crippen LogP contribution in [-0.4, -0.2) is 50.3 Å². The third-order valence-electron chi connectivity index (χ3n) is 7.01. The van der Waals surface area contributed by atoms with E-state index in [0.717, 1.165) is 42.0 Å². The number of ether oxygens (including phenoxy) is 1. The largest absolute Gasteiger partial charge is 0.444 e. The number of hydrogen-bond donors (Lipinski definition) is 2. The van der Waals surface area contributed by atoms with Crippen molar-refractivity contribution in [2.45, 2.75) is 70.6 Å². The van der Waals surface area contributed by atoms with Gasteiger partial charge in [-0.15, -0.1) is 0 Å². The molecule has 0 spiro atoms. The van der Waals surface area contributed by atoms with Crippen LogP contribution in [0.3, 0.4) is 0 Å². The molecule has 1 aromatic heterocycles. The molecule has 2 aliphatic rings. The van der Waals surface area contributed by atoms with Gasteiger partial charge in [0.2, 0.25) is 0 Å². The molecule has 0 aliphatic carbocycles. The van der Waals surface area contributed by atoms with Crippen molar-refractivity contribution in [3.05, 3.63) is 88.7 Å². The second-order valence-corrected chi connectivity index (χ2v) is 10.9. The van der Waals surface area contributed by atoms with Gasteiger partial charge >= 0.3 is 6.09 Å². The van der Waals surface area contributed by atoms with E-state index in [1.807, 2.05) is 36.5 Å². The first-order valence-corrected chi connectivity index (χ1v) is 12.6. The van der Waals surface area contributed by atoms with Gasteiger partial charge in [0.15, 0.2) is 0 Å². The third-order valence-corrected chi connectivity index (χ3v) is 7.01. The first-order valence-electron chi connectivity index (χ1n) is 12.6. The lowest BCUT2D eigenvalue weighted by atomic mass is 9.86. The number of piperidine rings is 1. The van der Waals surface area contributed by atoms with Crippen molar-refractivity contribution in [2.24, 2.45) is 0 Å². The minimum absolute atomic E-state index is 0.0670. The van der Waals surface area contributed by atoms with Gasteiger partial charge in [0.05, 0.1) is 24.0 Å². The average Bonchev–Trinajstić information content (AvgIpc) is 3.43. The molecule has 3 heterocycles. The van der Waals surface area contributed by atoms with Gasteiger partial charge in [0, 0.05) is 43.3 Å². The van der Waals surface area contributed by atoms with Crippen molar-refractivity contribution in [3.8, 4) is 0 Å². The van der Waals surface area contributed by atoms with Crippen LogP contribution >= 0.6 is 0 Å². The summed E-state index contributed by atoms with van der Waals surface area (Å²) in [5, 5.41) is 10.2. The number of alkyl carbamates (subject to hydrolysis) is 1. The zero-order chi connectivity index (χ0) is 26.2. The van der Waals surface area contributed by atoms with Crippen LogP contribution in [0.15, 0.2) is 54.7 Å². The number of aromatic nitrogens is 2. The second kappa shape index (κ2) is 10.2. The Bertz CT molecular complexity index is 1220. The normalized spacial score (nSPS) is 22.6. The number of nitrogens with one attached hydrogen (secondary N) is 2. The monoisotopic (exact) mass is 509 g/mol. The Morgan fingerprint density at radius 2 is 1.95 bits per heavy atom. The minimum atomic E-state index is -0.688. The van der Waals surface area contributed by atoms with Gasteiger partial charge in [-0.25, -0.2) is 13.6 Å². The molecule has 2 aliphatic heterocycles. The van der Waals surface area contributed by atoms with E-state index in [1.165, 1.54) is 6.07 Å². The molecule has 2 aromatic carbocycles. The van der Waals surface area contributed by atoms with Gasteiger partial charge in [-0.2, -0.15) is 5.10 Å². The Hall–Kier alpha value is -3.30. The molecule has 1 saturated heterocycles. The molecule has 0 radical (unpaired) electrons. The van der Waals surface area contributed by atoms with Gasteiger partial charge in [-0.1, -0.05) is 30.3 Å². The molecule has 0 saturated carbocycles. The SMILES string of the molecule is CC(C)(C)OC(=O)N[C@H]1C[C@@H](N2Cc3cn[nH]c3C2)CN(Cc2ccccc2)[C@@H]1c1cc(F)ccc1F. The fraction of sp³-hybridized carbons (Fsp3) is 0.429. The number of benzene rings is 2. The van der Waals surface area contributed by atoms with Gasteiger partial charge in [-0.05, 0) is 51.0 Å². The lowest BCUT2D eigenvalue weighted by Gasteiger charge is -2.47. The maximum Gasteiger partial charge on any atom is 0.407 e. The standard InChI is InChI=1S/C28H33F2N5O2/c1-28(2,3)37-27(36)32-24-12-21(34-15-19-13-31-33-25(19)17-34)16-35(14-18-7-5-4-6-8-18)26(24)22-11-20(29)9-10-23(22)30/h4-11,13,21,24,26H,12,14-17H2,1-3H3,(H,31,33)(H,32,36)/t21-,24+,26-/m1/s1. The molecule has 3 atom stereocenters. The Labute approximate surface area is 215 Å². The molecule has 9 heteroatoms. The summed E-state index contributed by atoms with van der Waals surface area (Å²) < 4.78 is 35.2. The number of carbonyl (C=O) groups excluding carboxylic acids is 1. The highest BCUT2D eigenvalue weighted by atomic mass is 19.1. The highest BCUT2D eigenvalue weighted by Gasteiger charge is 2.43. The number of aromatic amines is 1. The molecular weight excluding hydrogens is 476 g/mol. The first-order chi connectivity index (χ1) is 17.7. The summed E-state index contributed by atoms with van der Waals surface area (Å²) in [6.07, 6.45) is 1.83. The van der Waals surface area contributed by atoms with Crippen molar-refractivity contribution in [2.75, 3.05) is 6.54 Å². The highest BCUT2D eigenvalue weighted by molar-refractivity contribution is 5.68. The zero-order valence-corrected chi connectivity index (χ0v) is 21.4. The Kier molecular flexibility index (Phi) is 7.00. The number of amides is 1. The quantitative estimate of drug-likeness (QED) is 0.511. The maximum absolute atomic E-state index is 15.2. The number of H-pyrrole nitrogens is 1. The number of carbonyl (C=O) groups is 1. The van der Waals surface area contributed by atoms with E-state index in [4.69, 9.17) is 4.74 Å². The van der Waals surface area contributed by atoms with Crippen LogP contribution in [0.1, 0.15) is 55.6 Å². The summed E-state index contributed by atoms with van der Waals surface area (Å²) in [7, 11) is 0. The summed E-state index contributed by atoms with van der Waals surface area (Å²) in [5.41, 5.74) is 2.84. The molecule has 0 bridgehead atoms. The van der Waals surface area contributed by atoms with Gasteiger partial charge in [-0.3, -0.25) is 14.9 Å². The number of nitrogens with zero attached hydrogens (tertiary/aromatic N) is 3. The zero-order valence-electron chi connectivity index (χ0n) is 21.4. The molecule has 196 valence electrons. The second-order valence-electron chi connectivity index (χ2n) is 10.9. The average molecular weight is 510 g/mol. The number of rotatable bonds is 5. The predicted octanol–water partition coefficient (Wildman–Crippen LogP) is 4.91. The van der Waals surface area contributed by atoms with E-state index >= 15 is 4.39 Å². The number of halogens is 2. The third kappa shape index (κ3) is 5.83. The maximum atomic E-state index is 15.2. The van der Waals surface area contributed by atoms with Crippen molar-refractivity contribution in [1.29, 1.82) is 0 Å². The van der Waals surface area contributed by atoms with Crippen LogP contribution in [0.5, 0.6) is 0 Å². The molecule has 1 fully saturated rings. The smallest absolute Gasteiger partial charge is 0.407 e. The van der Waals surface area contributed by atoms with Crippen LogP contribution in [0, 0.1) is 11.6 Å². The van der Waals surface area contributed by atoms with Crippen LogP contribution in [0.4, 0.5) is 13.6 Å². The fourth-order valence-electron chi connectivity index (χ4n) is 5.48. The van der Waals surface area contributed by atoms with E-state index in [2.05, 4.69) is 25.3 Å². The predicted molar refractivity (Wildman–Crippen MR) is 135 cm³/mol. The van der Waals surface area contributed by atoms with Gasteiger partial charge in [0.25, 0.3) is 0 Å². The molecule has 0 unspecified atom stereocenters. The molecule has 2 N–H and O–H groups in total. The minimum Gasteiger partial charge on any atom is -0.444 e.